The Labute approximate surface area is 131 Å². The molecule has 1 aromatic heterocycles. The number of nitrogens with zero attached hydrogens (tertiary/aromatic N) is 1. The van der Waals surface area contributed by atoms with Gasteiger partial charge in [0.25, 0.3) is 5.91 Å². The number of aliphatic hydroxyl groups is 1. The van der Waals surface area contributed by atoms with Crippen LogP contribution in [0.5, 0.6) is 0 Å². The van der Waals surface area contributed by atoms with Gasteiger partial charge in [0, 0.05) is 16.7 Å². The number of aryl methyl sites for hydroxylation is 1. The number of H-pyrrole nitrogens is 1. The Bertz CT molecular complexity index is 612. The highest BCUT2D eigenvalue weighted by atomic mass is 79.9. The van der Waals surface area contributed by atoms with Crippen LogP contribution in [0.1, 0.15) is 41.2 Å². The molecular formula is C15H18BrN3O2. The molecule has 0 saturated carbocycles. The van der Waals surface area contributed by atoms with E-state index in [1.165, 1.54) is 0 Å². The summed E-state index contributed by atoms with van der Waals surface area (Å²) in [5.74, 6) is -0.289. The van der Waals surface area contributed by atoms with E-state index in [4.69, 9.17) is 0 Å². The second kappa shape index (κ2) is 7.38. The Hall–Kier alpha value is -1.66. The molecule has 0 saturated heterocycles. The molecule has 0 fully saturated rings. The summed E-state index contributed by atoms with van der Waals surface area (Å²) in [6.45, 7) is 2.21. The lowest BCUT2D eigenvalue weighted by molar-refractivity contribution is 0.0911. The van der Waals surface area contributed by atoms with Gasteiger partial charge in [-0.15, -0.1) is 0 Å². The van der Waals surface area contributed by atoms with Gasteiger partial charge in [-0.3, -0.25) is 9.89 Å². The van der Waals surface area contributed by atoms with Gasteiger partial charge < -0.3 is 10.4 Å². The molecule has 2 rings (SSSR count). The van der Waals surface area contributed by atoms with Crippen molar-refractivity contribution in [1.82, 2.24) is 15.5 Å². The van der Waals surface area contributed by atoms with Crippen molar-refractivity contribution >= 4 is 21.8 Å². The number of aromatic nitrogens is 2. The molecule has 3 N–H and O–H groups in total. The lowest BCUT2D eigenvalue weighted by Crippen LogP contribution is -2.28. The molecule has 0 aliphatic rings. The summed E-state index contributed by atoms with van der Waals surface area (Å²) in [6.07, 6.45) is 1.10. The first kappa shape index (κ1) is 15.7. The first-order valence-electron chi connectivity index (χ1n) is 6.86. The molecule has 0 aliphatic carbocycles. The summed E-state index contributed by atoms with van der Waals surface area (Å²) in [7, 11) is 0. The first-order chi connectivity index (χ1) is 10.1. The van der Waals surface area contributed by atoms with Crippen LogP contribution in [0, 0.1) is 0 Å². The van der Waals surface area contributed by atoms with Crippen molar-refractivity contribution in [1.29, 1.82) is 0 Å². The second-order valence-electron chi connectivity index (χ2n) is 4.81. The molecule has 0 aliphatic heterocycles. The highest BCUT2D eigenvalue weighted by molar-refractivity contribution is 9.10. The second-order valence-corrected chi connectivity index (χ2v) is 5.72. The number of aliphatic hydroxyl groups excluding tert-OH is 1. The fourth-order valence-electron chi connectivity index (χ4n) is 1.99. The minimum absolute atomic E-state index is 0.144. The highest BCUT2D eigenvalue weighted by Crippen LogP contribution is 2.17. The third kappa shape index (κ3) is 4.41. The normalized spacial score (nSPS) is 12.1. The van der Waals surface area contributed by atoms with Crippen LogP contribution >= 0.6 is 15.9 Å². The van der Waals surface area contributed by atoms with E-state index in [2.05, 4.69) is 38.4 Å². The number of amides is 1. The minimum Gasteiger partial charge on any atom is -0.387 e. The van der Waals surface area contributed by atoms with Crippen LogP contribution in [0.4, 0.5) is 0 Å². The zero-order valence-corrected chi connectivity index (χ0v) is 13.4. The molecule has 2 aromatic rings. The number of nitrogens with one attached hydrogen (secondary N) is 2. The van der Waals surface area contributed by atoms with Crippen LogP contribution < -0.4 is 5.32 Å². The summed E-state index contributed by atoms with van der Waals surface area (Å²) in [5, 5.41) is 19.6. The van der Waals surface area contributed by atoms with E-state index in [0.717, 1.165) is 28.6 Å². The van der Waals surface area contributed by atoms with E-state index >= 15 is 0 Å². The molecule has 0 unspecified atom stereocenters. The predicted molar refractivity (Wildman–Crippen MR) is 84.0 cm³/mol. The van der Waals surface area contributed by atoms with Gasteiger partial charge in [0.05, 0.1) is 6.10 Å². The Morgan fingerprint density at radius 1 is 1.48 bits per heavy atom. The van der Waals surface area contributed by atoms with Crippen LogP contribution in [0.25, 0.3) is 0 Å². The van der Waals surface area contributed by atoms with Crippen molar-refractivity contribution in [2.24, 2.45) is 0 Å². The Kier molecular flexibility index (Phi) is 5.52. The summed E-state index contributed by atoms with van der Waals surface area (Å²) in [4.78, 5) is 12.0. The van der Waals surface area contributed by atoms with E-state index in [-0.39, 0.29) is 12.5 Å². The molecule has 1 heterocycles. The van der Waals surface area contributed by atoms with E-state index in [1.54, 1.807) is 6.07 Å². The smallest absolute Gasteiger partial charge is 0.271 e. The zero-order chi connectivity index (χ0) is 15.2. The van der Waals surface area contributed by atoms with Gasteiger partial charge in [-0.1, -0.05) is 41.4 Å². The maximum atomic E-state index is 12.0. The lowest BCUT2D eigenvalue weighted by Gasteiger charge is -2.11. The topological polar surface area (TPSA) is 78.0 Å². The number of carbonyl (C=O) groups excluding carboxylic acids is 1. The van der Waals surface area contributed by atoms with Gasteiger partial charge in [0.2, 0.25) is 0 Å². The largest absolute Gasteiger partial charge is 0.387 e. The van der Waals surface area contributed by atoms with Gasteiger partial charge in [-0.25, -0.2) is 0 Å². The zero-order valence-electron chi connectivity index (χ0n) is 11.8. The van der Waals surface area contributed by atoms with Gasteiger partial charge in [0.15, 0.2) is 0 Å². The SMILES string of the molecule is CCCc1cc(C(=O)NC[C@@H](O)c2cccc(Br)c2)n[nH]1. The Morgan fingerprint density at radius 2 is 2.29 bits per heavy atom. The maximum Gasteiger partial charge on any atom is 0.271 e. The van der Waals surface area contributed by atoms with Crippen molar-refractivity contribution in [3.8, 4) is 0 Å². The van der Waals surface area contributed by atoms with Gasteiger partial charge in [-0.05, 0) is 30.2 Å². The molecule has 1 atom stereocenters. The van der Waals surface area contributed by atoms with Crippen LogP contribution in [0.15, 0.2) is 34.8 Å². The van der Waals surface area contributed by atoms with Gasteiger partial charge >= 0.3 is 0 Å². The van der Waals surface area contributed by atoms with Crippen LogP contribution in [-0.4, -0.2) is 27.8 Å². The summed E-state index contributed by atoms with van der Waals surface area (Å²) in [6, 6.07) is 9.10. The summed E-state index contributed by atoms with van der Waals surface area (Å²) < 4.78 is 0.891. The van der Waals surface area contributed by atoms with E-state index in [9.17, 15) is 9.90 Å². The van der Waals surface area contributed by atoms with Gasteiger partial charge in [-0.2, -0.15) is 5.10 Å². The number of benzene rings is 1. The molecule has 21 heavy (non-hydrogen) atoms. The number of hydrogen-bond donors (Lipinski definition) is 3. The van der Waals surface area contributed by atoms with E-state index in [1.807, 2.05) is 24.3 Å². The standard InChI is InChI=1S/C15H18BrN3O2/c1-2-4-12-8-13(19-18-12)15(21)17-9-14(20)10-5-3-6-11(16)7-10/h3,5-8,14,20H,2,4,9H2,1H3,(H,17,21)(H,18,19)/t14-/m1/s1. The van der Waals surface area contributed by atoms with Crippen molar-refractivity contribution in [2.45, 2.75) is 25.9 Å². The molecule has 112 valence electrons. The monoisotopic (exact) mass is 351 g/mol. The van der Waals surface area contributed by atoms with E-state index < -0.39 is 6.10 Å². The van der Waals surface area contributed by atoms with Crippen molar-refractivity contribution < 1.29 is 9.90 Å². The average molecular weight is 352 g/mol. The van der Waals surface area contributed by atoms with E-state index in [0.29, 0.717) is 5.69 Å². The number of aromatic amines is 1. The predicted octanol–water partition coefficient (Wildman–Crippen LogP) is 2.59. The van der Waals surface area contributed by atoms with Crippen LogP contribution in [-0.2, 0) is 6.42 Å². The number of hydrogen-bond acceptors (Lipinski definition) is 3. The van der Waals surface area contributed by atoms with Crippen LogP contribution in [0.3, 0.4) is 0 Å². The maximum absolute atomic E-state index is 12.0. The average Bonchev–Trinajstić information content (AvgIpc) is 2.93. The third-order valence-electron chi connectivity index (χ3n) is 3.07. The quantitative estimate of drug-likeness (QED) is 0.748. The fraction of sp³-hybridized carbons (Fsp3) is 0.333. The molecule has 6 heteroatoms. The number of halogens is 1. The summed E-state index contributed by atoms with van der Waals surface area (Å²) in [5.41, 5.74) is 2.04. The first-order valence-corrected chi connectivity index (χ1v) is 7.65. The highest BCUT2D eigenvalue weighted by Gasteiger charge is 2.13. The number of carbonyl (C=O) groups is 1. The van der Waals surface area contributed by atoms with Crippen LogP contribution in [0.2, 0.25) is 0 Å². The van der Waals surface area contributed by atoms with Crippen molar-refractivity contribution in [2.75, 3.05) is 6.54 Å². The van der Waals surface area contributed by atoms with Gasteiger partial charge in [0.1, 0.15) is 5.69 Å². The molecule has 0 radical (unpaired) electrons. The van der Waals surface area contributed by atoms with Crippen molar-refractivity contribution in [3.63, 3.8) is 0 Å². The molecule has 0 bridgehead atoms. The van der Waals surface area contributed by atoms with Crippen molar-refractivity contribution in [3.05, 3.63) is 51.8 Å². The lowest BCUT2D eigenvalue weighted by atomic mass is 10.1. The molecule has 0 spiro atoms. The Morgan fingerprint density at radius 3 is 3.00 bits per heavy atom. The fourth-order valence-corrected chi connectivity index (χ4v) is 2.40. The molecular weight excluding hydrogens is 334 g/mol. The summed E-state index contributed by atoms with van der Waals surface area (Å²) >= 11 is 3.35. The molecule has 1 aromatic carbocycles. The molecule has 5 nitrogen and oxygen atoms in total. The third-order valence-corrected chi connectivity index (χ3v) is 3.57. The molecule has 1 amide bonds. The minimum atomic E-state index is -0.750. The number of rotatable bonds is 6. The Balaban J connectivity index is 1.91.